The van der Waals surface area contributed by atoms with Gasteiger partial charge < -0.3 is 0 Å². The zero-order valence-corrected chi connectivity index (χ0v) is 11.1. The molecule has 0 aliphatic heterocycles. The van der Waals surface area contributed by atoms with Crippen LogP contribution < -0.4 is 0 Å². The molecule has 0 aromatic rings. The first kappa shape index (κ1) is 12.3. The highest BCUT2D eigenvalue weighted by Crippen LogP contribution is 2.41. The second kappa shape index (κ2) is 5.96. The first-order valence-corrected chi connectivity index (χ1v) is 7.72. The molecule has 0 unspecified atom stereocenters. The highest BCUT2D eigenvalue weighted by molar-refractivity contribution is 8.04. The predicted molar refractivity (Wildman–Crippen MR) is 70.1 cm³/mol. The van der Waals surface area contributed by atoms with Crippen LogP contribution in [0.25, 0.3) is 0 Å². The summed E-state index contributed by atoms with van der Waals surface area (Å²) in [7, 11) is 0. The van der Waals surface area contributed by atoms with Gasteiger partial charge >= 0.3 is 0 Å². The summed E-state index contributed by atoms with van der Waals surface area (Å²) < 4.78 is 0. The molecule has 0 saturated heterocycles. The lowest BCUT2D eigenvalue weighted by Gasteiger charge is -2.36. The zero-order chi connectivity index (χ0) is 11.4. The number of hydrogen-bond acceptors (Lipinski definition) is 2. The number of thioether (sulfide) groups is 1. The normalized spacial score (nSPS) is 40.2. The monoisotopic (exact) mass is 237 g/mol. The van der Waals surface area contributed by atoms with Crippen molar-refractivity contribution in [2.75, 3.05) is 0 Å². The molecule has 0 radical (unpaired) electrons. The molecule has 0 heterocycles. The van der Waals surface area contributed by atoms with E-state index in [1.807, 2.05) is 0 Å². The SMILES string of the molecule is CC1CCC(C2CCC(SC#N)CC2)CC1. The van der Waals surface area contributed by atoms with Gasteiger partial charge in [0.1, 0.15) is 5.40 Å². The van der Waals surface area contributed by atoms with Gasteiger partial charge in [0.05, 0.1) is 0 Å². The Morgan fingerprint density at radius 1 is 0.875 bits per heavy atom. The molecule has 0 N–H and O–H groups in total. The predicted octanol–water partition coefficient (Wildman–Crippen LogP) is 4.59. The third-order valence-corrected chi connectivity index (χ3v) is 5.58. The molecule has 0 amide bonds. The summed E-state index contributed by atoms with van der Waals surface area (Å²) in [5, 5.41) is 11.6. The number of rotatable bonds is 2. The van der Waals surface area contributed by atoms with Crippen LogP contribution in [-0.4, -0.2) is 5.25 Å². The summed E-state index contributed by atoms with van der Waals surface area (Å²) in [5.74, 6) is 2.98. The summed E-state index contributed by atoms with van der Waals surface area (Å²) >= 11 is 1.51. The standard InChI is InChI=1S/C14H23NS/c1-11-2-4-12(5-3-11)13-6-8-14(9-7-13)16-10-15/h11-14H,2-9H2,1H3. The minimum Gasteiger partial charge on any atom is -0.185 e. The van der Waals surface area contributed by atoms with E-state index in [2.05, 4.69) is 12.3 Å². The molecule has 16 heavy (non-hydrogen) atoms. The van der Waals surface area contributed by atoms with Crippen molar-refractivity contribution in [2.24, 2.45) is 17.8 Å². The van der Waals surface area contributed by atoms with E-state index in [0.717, 1.165) is 17.8 Å². The average molecular weight is 237 g/mol. The van der Waals surface area contributed by atoms with E-state index in [0.29, 0.717) is 5.25 Å². The van der Waals surface area contributed by atoms with Gasteiger partial charge in [0.2, 0.25) is 0 Å². The quantitative estimate of drug-likeness (QED) is 0.656. The maximum Gasteiger partial charge on any atom is 0.133 e. The fourth-order valence-corrected chi connectivity index (χ4v) is 4.17. The van der Waals surface area contributed by atoms with Gasteiger partial charge in [0, 0.05) is 5.25 Å². The van der Waals surface area contributed by atoms with Gasteiger partial charge in [-0.3, -0.25) is 0 Å². The minimum absolute atomic E-state index is 0.642. The molecule has 2 saturated carbocycles. The second-order valence-corrected chi connectivity index (χ2v) is 6.85. The number of nitriles is 1. The van der Waals surface area contributed by atoms with Crippen LogP contribution in [0.4, 0.5) is 0 Å². The fraction of sp³-hybridized carbons (Fsp3) is 0.929. The second-order valence-electron chi connectivity index (χ2n) is 5.77. The van der Waals surface area contributed by atoms with Crippen molar-refractivity contribution in [1.82, 2.24) is 0 Å². The molecule has 1 nitrogen and oxygen atoms in total. The van der Waals surface area contributed by atoms with E-state index in [4.69, 9.17) is 5.26 Å². The molecular formula is C14H23NS. The maximum absolute atomic E-state index is 8.68. The number of thiocyanates is 1. The summed E-state index contributed by atoms with van der Waals surface area (Å²) in [4.78, 5) is 0. The van der Waals surface area contributed by atoms with Gasteiger partial charge in [0.25, 0.3) is 0 Å². The van der Waals surface area contributed by atoms with Gasteiger partial charge in [0.15, 0.2) is 0 Å². The van der Waals surface area contributed by atoms with Crippen LogP contribution >= 0.6 is 11.8 Å². The maximum atomic E-state index is 8.68. The van der Waals surface area contributed by atoms with Crippen molar-refractivity contribution in [3.63, 3.8) is 0 Å². The van der Waals surface area contributed by atoms with Gasteiger partial charge in [-0.05, 0) is 68.0 Å². The van der Waals surface area contributed by atoms with Crippen molar-refractivity contribution < 1.29 is 0 Å². The summed E-state index contributed by atoms with van der Waals surface area (Å²) in [6.07, 6.45) is 11.2. The Balaban J connectivity index is 1.74. The molecule has 2 heteroatoms. The van der Waals surface area contributed by atoms with Gasteiger partial charge in [-0.15, -0.1) is 0 Å². The van der Waals surface area contributed by atoms with Crippen molar-refractivity contribution in [3.8, 4) is 5.40 Å². The fourth-order valence-electron chi connectivity index (χ4n) is 3.51. The van der Waals surface area contributed by atoms with E-state index < -0.39 is 0 Å². The van der Waals surface area contributed by atoms with Crippen LogP contribution in [0.2, 0.25) is 0 Å². The summed E-state index contributed by atoms with van der Waals surface area (Å²) in [6.45, 7) is 2.40. The Hall–Kier alpha value is -0.160. The van der Waals surface area contributed by atoms with Crippen molar-refractivity contribution >= 4 is 11.8 Å². The third-order valence-electron chi connectivity index (χ3n) is 4.67. The van der Waals surface area contributed by atoms with Crippen molar-refractivity contribution in [2.45, 2.75) is 63.5 Å². The molecular weight excluding hydrogens is 214 g/mol. The topological polar surface area (TPSA) is 23.8 Å². The smallest absolute Gasteiger partial charge is 0.133 e. The van der Waals surface area contributed by atoms with Crippen LogP contribution in [0.15, 0.2) is 0 Å². The number of nitrogens with zero attached hydrogens (tertiary/aromatic N) is 1. The molecule has 2 rings (SSSR count). The number of hydrogen-bond donors (Lipinski definition) is 0. The van der Waals surface area contributed by atoms with Crippen LogP contribution in [-0.2, 0) is 0 Å². The van der Waals surface area contributed by atoms with Crippen LogP contribution in [0.1, 0.15) is 58.3 Å². The molecule has 2 fully saturated rings. The highest BCUT2D eigenvalue weighted by Gasteiger charge is 2.29. The van der Waals surface area contributed by atoms with Crippen LogP contribution in [0.3, 0.4) is 0 Å². The Labute approximate surface area is 104 Å². The van der Waals surface area contributed by atoms with E-state index in [1.54, 1.807) is 0 Å². The Morgan fingerprint density at radius 3 is 1.88 bits per heavy atom. The van der Waals surface area contributed by atoms with Crippen LogP contribution in [0.5, 0.6) is 0 Å². The van der Waals surface area contributed by atoms with Gasteiger partial charge in [-0.1, -0.05) is 19.8 Å². The first-order chi connectivity index (χ1) is 7.79. The van der Waals surface area contributed by atoms with E-state index in [-0.39, 0.29) is 0 Å². The van der Waals surface area contributed by atoms with E-state index in [1.165, 1.54) is 63.1 Å². The first-order valence-electron chi connectivity index (χ1n) is 6.84. The molecule has 2 aliphatic rings. The van der Waals surface area contributed by atoms with Gasteiger partial charge in [-0.2, -0.15) is 5.26 Å². The van der Waals surface area contributed by atoms with E-state index in [9.17, 15) is 0 Å². The summed E-state index contributed by atoms with van der Waals surface area (Å²) in [5.41, 5.74) is 0. The Kier molecular flexibility index (Phi) is 4.58. The highest BCUT2D eigenvalue weighted by atomic mass is 32.2. The third kappa shape index (κ3) is 3.17. The molecule has 0 aromatic carbocycles. The average Bonchev–Trinajstić information content (AvgIpc) is 2.32. The molecule has 2 aliphatic carbocycles. The van der Waals surface area contributed by atoms with Crippen molar-refractivity contribution in [1.29, 1.82) is 5.26 Å². The molecule has 0 aromatic heterocycles. The Morgan fingerprint density at radius 2 is 1.38 bits per heavy atom. The largest absolute Gasteiger partial charge is 0.185 e. The lowest BCUT2D eigenvalue weighted by atomic mass is 9.71. The van der Waals surface area contributed by atoms with E-state index >= 15 is 0 Å². The molecule has 0 bridgehead atoms. The molecule has 90 valence electrons. The Bertz CT molecular complexity index is 242. The molecule has 0 spiro atoms. The lowest BCUT2D eigenvalue weighted by molar-refractivity contribution is 0.175. The zero-order valence-electron chi connectivity index (χ0n) is 10.3. The summed E-state index contributed by atoms with van der Waals surface area (Å²) in [6, 6.07) is 0. The van der Waals surface area contributed by atoms with Gasteiger partial charge in [-0.25, -0.2) is 0 Å². The van der Waals surface area contributed by atoms with Crippen LogP contribution in [0, 0.1) is 28.4 Å². The van der Waals surface area contributed by atoms with Crippen molar-refractivity contribution in [3.05, 3.63) is 0 Å². The lowest BCUT2D eigenvalue weighted by Crippen LogP contribution is -2.25. The molecule has 0 atom stereocenters. The minimum atomic E-state index is 0.642.